The van der Waals surface area contributed by atoms with Crippen LogP contribution in [0.1, 0.15) is 36.7 Å². The number of nitrogens with one attached hydrogen (secondary N) is 1. The molecule has 7 heteroatoms. The molecule has 2 aromatic heterocycles. The van der Waals surface area contributed by atoms with Crippen LogP contribution in [0.25, 0.3) is 16.3 Å². The summed E-state index contributed by atoms with van der Waals surface area (Å²) in [6.07, 6.45) is 4.44. The van der Waals surface area contributed by atoms with Crippen LogP contribution in [-0.2, 0) is 17.6 Å². The molecule has 0 saturated heterocycles. The summed E-state index contributed by atoms with van der Waals surface area (Å²) in [6.45, 7) is 4.12. The Morgan fingerprint density at radius 1 is 1.13 bits per heavy atom. The number of amides is 1. The van der Waals surface area contributed by atoms with Gasteiger partial charge in [-0.05, 0) is 36.6 Å². The Morgan fingerprint density at radius 2 is 1.90 bits per heavy atom. The molecule has 1 unspecified atom stereocenters. The Balaban J connectivity index is 1.35. The van der Waals surface area contributed by atoms with Crippen molar-refractivity contribution in [2.75, 3.05) is 0 Å². The van der Waals surface area contributed by atoms with E-state index in [1.165, 1.54) is 11.9 Å². The summed E-state index contributed by atoms with van der Waals surface area (Å²) in [5, 5.41) is 10.1. The lowest BCUT2D eigenvalue weighted by atomic mass is 10.1. The number of carbonyl (C=O) groups is 1. The predicted octanol–water partition coefficient (Wildman–Crippen LogP) is 4.37. The average molecular weight is 418 g/mol. The highest BCUT2D eigenvalue weighted by molar-refractivity contribution is 7.13. The molecule has 0 saturated carbocycles. The Labute approximate surface area is 179 Å². The first-order valence-corrected chi connectivity index (χ1v) is 10.8. The van der Waals surface area contributed by atoms with Crippen molar-refractivity contribution in [3.05, 3.63) is 83.4 Å². The van der Waals surface area contributed by atoms with Gasteiger partial charge in [0.1, 0.15) is 17.7 Å². The second-order valence-electron chi connectivity index (χ2n) is 7.09. The number of hydrogen-bond acceptors (Lipinski definition) is 5. The third kappa shape index (κ3) is 4.63. The van der Waals surface area contributed by atoms with Gasteiger partial charge >= 0.3 is 0 Å². The minimum atomic E-state index is -0.0954. The maximum absolute atomic E-state index is 12.5. The fourth-order valence-electron chi connectivity index (χ4n) is 3.20. The van der Waals surface area contributed by atoms with E-state index in [1.807, 2.05) is 36.6 Å². The zero-order valence-electron chi connectivity index (χ0n) is 16.9. The summed E-state index contributed by atoms with van der Waals surface area (Å²) in [4.78, 5) is 21.1. The molecule has 0 aliphatic rings. The van der Waals surface area contributed by atoms with Gasteiger partial charge < -0.3 is 5.32 Å². The van der Waals surface area contributed by atoms with Crippen LogP contribution in [-0.4, -0.2) is 25.7 Å². The molecule has 4 aromatic rings. The molecule has 152 valence electrons. The molecule has 0 fully saturated rings. The van der Waals surface area contributed by atoms with Gasteiger partial charge in [0.25, 0.3) is 0 Å². The van der Waals surface area contributed by atoms with Crippen LogP contribution in [0.15, 0.2) is 66.6 Å². The molecule has 0 spiro atoms. The van der Waals surface area contributed by atoms with E-state index in [0.29, 0.717) is 0 Å². The molecular formula is C23H23N5OS. The van der Waals surface area contributed by atoms with E-state index in [2.05, 4.69) is 51.6 Å². The van der Waals surface area contributed by atoms with Crippen molar-refractivity contribution in [1.29, 1.82) is 0 Å². The summed E-state index contributed by atoms with van der Waals surface area (Å²) < 4.78 is 1.70. The molecule has 0 radical (unpaired) electrons. The van der Waals surface area contributed by atoms with Crippen LogP contribution < -0.4 is 5.32 Å². The smallest absolute Gasteiger partial charge is 0.226 e. The van der Waals surface area contributed by atoms with Crippen molar-refractivity contribution in [3.63, 3.8) is 0 Å². The Hall–Kier alpha value is -3.32. The number of aromatic nitrogens is 4. The predicted molar refractivity (Wildman–Crippen MR) is 119 cm³/mol. The first kappa shape index (κ1) is 20.0. The second-order valence-corrected chi connectivity index (χ2v) is 7.95. The minimum absolute atomic E-state index is 0.0407. The lowest BCUT2D eigenvalue weighted by Gasteiger charge is -2.14. The molecule has 0 bridgehead atoms. The number of aryl methyl sites for hydroxylation is 1. The van der Waals surface area contributed by atoms with E-state index < -0.39 is 0 Å². The van der Waals surface area contributed by atoms with Gasteiger partial charge in [-0.1, -0.05) is 43.3 Å². The Bertz CT molecular complexity index is 1100. The number of benzene rings is 2. The number of rotatable bonds is 7. The van der Waals surface area contributed by atoms with E-state index in [9.17, 15) is 4.79 Å². The standard InChI is InChI=1S/C23H23N5OS/c1-3-17-4-6-19(7-5-17)23-27-20(13-30-23)12-22(29)26-16(2)18-8-10-21(11-9-18)28-15-24-14-25-28/h4-11,13-16H,3,12H2,1-2H3,(H,26,29). The van der Waals surface area contributed by atoms with E-state index in [1.54, 1.807) is 22.3 Å². The van der Waals surface area contributed by atoms with Crippen molar-refractivity contribution >= 4 is 17.2 Å². The summed E-state index contributed by atoms with van der Waals surface area (Å²) in [7, 11) is 0. The minimum Gasteiger partial charge on any atom is -0.349 e. The van der Waals surface area contributed by atoms with Gasteiger partial charge in [-0.2, -0.15) is 5.10 Å². The fourth-order valence-corrected chi connectivity index (χ4v) is 4.03. The average Bonchev–Trinajstić information content (AvgIpc) is 3.46. The molecule has 2 aromatic carbocycles. The Kier molecular flexibility index (Phi) is 5.99. The Morgan fingerprint density at radius 3 is 2.57 bits per heavy atom. The van der Waals surface area contributed by atoms with Crippen molar-refractivity contribution in [2.24, 2.45) is 0 Å². The number of nitrogens with zero attached hydrogens (tertiary/aromatic N) is 4. The summed E-state index contributed by atoms with van der Waals surface area (Å²) >= 11 is 1.57. The van der Waals surface area contributed by atoms with Gasteiger partial charge in [-0.25, -0.2) is 14.6 Å². The first-order valence-electron chi connectivity index (χ1n) is 9.90. The van der Waals surface area contributed by atoms with Crippen molar-refractivity contribution in [2.45, 2.75) is 32.7 Å². The topological polar surface area (TPSA) is 72.7 Å². The highest BCUT2D eigenvalue weighted by Gasteiger charge is 2.13. The van der Waals surface area contributed by atoms with Gasteiger partial charge in [-0.15, -0.1) is 11.3 Å². The fraction of sp³-hybridized carbons (Fsp3) is 0.217. The monoisotopic (exact) mass is 417 g/mol. The molecule has 4 rings (SSSR count). The largest absolute Gasteiger partial charge is 0.349 e. The van der Waals surface area contributed by atoms with Crippen molar-refractivity contribution < 1.29 is 4.79 Å². The van der Waals surface area contributed by atoms with E-state index in [4.69, 9.17) is 0 Å². The SMILES string of the molecule is CCc1ccc(-c2nc(CC(=O)NC(C)c3ccc(-n4cncn4)cc3)cs2)cc1. The molecular weight excluding hydrogens is 394 g/mol. The normalized spacial score (nSPS) is 11.9. The lowest BCUT2D eigenvalue weighted by Crippen LogP contribution is -2.28. The molecule has 30 heavy (non-hydrogen) atoms. The van der Waals surface area contributed by atoms with Gasteiger partial charge in [0.2, 0.25) is 5.91 Å². The molecule has 1 amide bonds. The zero-order chi connectivity index (χ0) is 20.9. The maximum Gasteiger partial charge on any atom is 0.226 e. The molecule has 2 heterocycles. The summed E-state index contributed by atoms with van der Waals surface area (Å²) in [6, 6.07) is 16.2. The van der Waals surface area contributed by atoms with Crippen LogP contribution in [0.5, 0.6) is 0 Å². The van der Waals surface area contributed by atoms with E-state index >= 15 is 0 Å². The molecule has 1 N–H and O–H groups in total. The molecule has 0 aliphatic heterocycles. The number of thiazole rings is 1. The second kappa shape index (κ2) is 9.00. The number of hydrogen-bond donors (Lipinski definition) is 1. The van der Waals surface area contributed by atoms with E-state index in [-0.39, 0.29) is 18.4 Å². The van der Waals surface area contributed by atoms with Crippen LogP contribution >= 0.6 is 11.3 Å². The maximum atomic E-state index is 12.5. The molecule has 6 nitrogen and oxygen atoms in total. The van der Waals surface area contributed by atoms with Crippen molar-refractivity contribution in [3.8, 4) is 16.3 Å². The zero-order valence-corrected chi connectivity index (χ0v) is 17.8. The first-order chi connectivity index (χ1) is 14.6. The van der Waals surface area contributed by atoms with Crippen molar-refractivity contribution in [1.82, 2.24) is 25.1 Å². The molecule has 0 aliphatic carbocycles. The van der Waals surface area contributed by atoms with Gasteiger partial charge in [-0.3, -0.25) is 4.79 Å². The third-order valence-corrected chi connectivity index (χ3v) is 5.90. The highest BCUT2D eigenvalue weighted by atomic mass is 32.1. The summed E-state index contributed by atoms with van der Waals surface area (Å²) in [5.41, 5.74) is 5.14. The van der Waals surface area contributed by atoms with Crippen LogP contribution in [0, 0.1) is 0 Å². The van der Waals surface area contributed by atoms with E-state index in [0.717, 1.165) is 33.9 Å². The third-order valence-electron chi connectivity index (χ3n) is 4.96. The quantitative estimate of drug-likeness (QED) is 0.485. The van der Waals surface area contributed by atoms with Crippen LogP contribution in [0.2, 0.25) is 0 Å². The van der Waals surface area contributed by atoms with Crippen LogP contribution in [0.4, 0.5) is 0 Å². The van der Waals surface area contributed by atoms with Crippen LogP contribution in [0.3, 0.4) is 0 Å². The summed E-state index contributed by atoms with van der Waals surface area (Å²) in [5.74, 6) is -0.0407. The number of carbonyl (C=O) groups excluding carboxylic acids is 1. The van der Waals surface area contributed by atoms with Gasteiger partial charge in [0.15, 0.2) is 0 Å². The van der Waals surface area contributed by atoms with Gasteiger partial charge in [0, 0.05) is 10.9 Å². The molecule has 1 atom stereocenters. The lowest BCUT2D eigenvalue weighted by molar-refractivity contribution is -0.121. The highest BCUT2D eigenvalue weighted by Crippen LogP contribution is 2.24. The van der Waals surface area contributed by atoms with Gasteiger partial charge in [0.05, 0.1) is 23.8 Å².